The fourth-order valence-electron chi connectivity index (χ4n) is 9.27. The van der Waals surface area contributed by atoms with Gasteiger partial charge >= 0.3 is 0 Å². The van der Waals surface area contributed by atoms with E-state index in [0.717, 1.165) is 66.5 Å². The topological polar surface area (TPSA) is 55.1 Å². The van der Waals surface area contributed by atoms with Gasteiger partial charge in [0.25, 0.3) is 0 Å². The van der Waals surface area contributed by atoms with Crippen molar-refractivity contribution in [2.24, 2.45) is 0 Å². The number of para-hydroxylation sites is 1. The molecule has 0 aliphatic heterocycles. The zero-order valence-electron chi connectivity index (χ0n) is 32.9. The summed E-state index contributed by atoms with van der Waals surface area (Å²) in [5.41, 5.74) is 12.9. The van der Waals surface area contributed by atoms with Crippen molar-refractivity contribution in [3.05, 3.63) is 193 Å². The number of benzene rings is 8. The van der Waals surface area contributed by atoms with Gasteiger partial charge in [0.05, 0.1) is 11.1 Å². The number of furan rings is 1. The van der Waals surface area contributed by atoms with E-state index in [0.29, 0.717) is 17.5 Å². The van der Waals surface area contributed by atoms with Crippen molar-refractivity contribution in [1.82, 2.24) is 15.0 Å². The average molecular weight is 789 g/mol. The van der Waals surface area contributed by atoms with Crippen molar-refractivity contribution in [1.29, 1.82) is 0 Å². The molecule has 0 N–H and O–H groups in total. The number of fused-ring (bicyclic) bond motifs is 9. The largest absolute Gasteiger partial charge is 0.456 e. The Morgan fingerprint density at radius 2 is 1.07 bits per heavy atom. The number of nitrogens with zero attached hydrogens (tertiary/aromatic N) is 4. The molecule has 8 aromatic carbocycles. The highest BCUT2D eigenvalue weighted by molar-refractivity contribution is 7.26. The molecular formula is C54H36N4OS. The van der Waals surface area contributed by atoms with Crippen LogP contribution >= 0.6 is 11.3 Å². The average Bonchev–Trinajstić information content (AvgIpc) is 3.95. The highest BCUT2D eigenvalue weighted by atomic mass is 32.1. The van der Waals surface area contributed by atoms with Gasteiger partial charge in [0, 0.05) is 59.0 Å². The molecule has 60 heavy (non-hydrogen) atoms. The second kappa shape index (κ2) is 13.3. The van der Waals surface area contributed by atoms with Crippen molar-refractivity contribution in [2.75, 3.05) is 4.90 Å². The standard InChI is InChI=1S/C54H36N4OS/c1-54(2)42-22-11-9-19-37(42)38-29-27-36(32-43(38)54)58(44-23-14-25-46-50(44)39-20-10-12-24-45(39)59-46)35-28-30-47-41(31-35)49-40(21-13-26-48(49)60-47)53-56-51(33-15-5-3-6-16-33)55-52(57-53)34-17-7-4-8-18-34/h3-32H,1-2H3. The van der Waals surface area contributed by atoms with E-state index in [-0.39, 0.29) is 5.41 Å². The molecule has 0 saturated heterocycles. The lowest BCUT2D eigenvalue weighted by atomic mass is 9.82. The first-order valence-electron chi connectivity index (χ1n) is 20.3. The van der Waals surface area contributed by atoms with Crippen LogP contribution in [-0.4, -0.2) is 15.0 Å². The van der Waals surface area contributed by atoms with E-state index >= 15 is 0 Å². The van der Waals surface area contributed by atoms with E-state index in [4.69, 9.17) is 19.4 Å². The first-order chi connectivity index (χ1) is 29.5. The molecule has 0 amide bonds. The lowest BCUT2D eigenvalue weighted by molar-refractivity contribution is 0.660. The highest BCUT2D eigenvalue weighted by Gasteiger charge is 2.36. The Hall–Kier alpha value is -7.41. The quantitative estimate of drug-likeness (QED) is 0.168. The summed E-state index contributed by atoms with van der Waals surface area (Å²) in [6.45, 7) is 4.68. The maximum absolute atomic E-state index is 6.48. The number of thiophene rings is 1. The number of aromatic nitrogens is 3. The molecule has 0 unspecified atom stereocenters. The summed E-state index contributed by atoms with van der Waals surface area (Å²) in [5.74, 6) is 1.93. The third-order valence-corrected chi connectivity index (χ3v) is 13.3. The van der Waals surface area contributed by atoms with E-state index in [1.54, 1.807) is 11.3 Å². The van der Waals surface area contributed by atoms with Crippen molar-refractivity contribution in [3.63, 3.8) is 0 Å². The zero-order chi connectivity index (χ0) is 40.0. The third-order valence-electron chi connectivity index (χ3n) is 12.1. The Bertz CT molecular complexity index is 3420. The van der Waals surface area contributed by atoms with Crippen LogP contribution in [0.3, 0.4) is 0 Å². The summed E-state index contributed by atoms with van der Waals surface area (Å²) < 4.78 is 8.85. The molecule has 3 heterocycles. The van der Waals surface area contributed by atoms with Crippen LogP contribution in [0.4, 0.5) is 17.1 Å². The Morgan fingerprint density at radius 1 is 0.450 bits per heavy atom. The van der Waals surface area contributed by atoms with Gasteiger partial charge < -0.3 is 9.32 Å². The first kappa shape index (κ1) is 34.6. The fraction of sp³-hybridized carbons (Fsp3) is 0.0556. The van der Waals surface area contributed by atoms with Crippen molar-refractivity contribution < 1.29 is 4.42 Å². The predicted molar refractivity (Wildman–Crippen MR) is 249 cm³/mol. The fourth-order valence-corrected chi connectivity index (χ4v) is 10.4. The van der Waals surface area contributed by atoms with E-state index in [1.807, 2.05) is 42.5 Å². The molecule has 0 saturated carbocycles. The van der Waals surface area contributed by atoms with Gasteiger partial charge in [-0.05, 0) is 76.9 Å². The Labute approximate surface area is 350 Å². The maximum atomic E-state index is 6.48. The predicted octanol–water partition coefficient (Wildman–Crippen LogP) is 14.9. The SMILES string of the molecule is CC1(C)c2ccccc2-c2ccc(N(c3ccc4sc5cccc(-c6nc(-c7ccccc7)nc(-c7ccccc7)n6)c5c4c3)c3cccc4oc5ccccc5c34)cc21. The van der Waals surface area contributed by atoms with E-state index in [9.17, 15) is 0 Å². The van der Waals surface area contributed by atoms with Crippen LogP contribution in [0.1, 0.15) is 25.0 Å². The molecule has 3 aromatic heterocycles. The molecule has 0 radical (unpaired) electrons. The summed E-state index contributed by atoms with van der Waals surface area (Å²) in [6, 6.07) is 64.2. The molecular weight excluding hydrogens is 753 g/mol. The van der Waals surface area contributed by atoms with Gasteiger partial charge in [-0.2, -0.15) is 0 Å². The maximum Gasteiger partial charge on any atom is 0.164 e. The minimum absolute atomic E-state index is 0.161. The monoisotopic (exact) mass is 788 g/mol. The lowest BCUT2D eigenvalue weighted by Crippen LogP contribution is -2.16. The molecule has 1 aliphatic carbocycles. The lowest BCUT2D eigenvalue weighted by Gasteiger charge is -2.28. The second-order valence-corrected chi connectivity index (χ2v) is 17.1. The van der Waals surface area contributed by atoms with Gasteiger partial charge in [-0.1, -0.05) is 141 Å². The molecule has 0 atom stereocenters. The Balaban J connectivity index is 1.10. The third kappa shape index (κ3) is 5.34. The molecule has 284 valence electrons. The summed E-state index contributed by atoms with van der Waals surface area (Å²) in [6.07, 6.45) is 0. The summed E-state index contributed by atoms with van der Waals surface area (Å²) >= 11 is 1.79. The van der Waals surface area contributed by atoms with Crippen LogP contribution in [0.15, 0.2) is 186 Å². The van der Waals surface area contributed by atoms with Crippen LogP contribution in [0.5, 0.6) is 0 Å². The Morgan fingerprint density at radius 3 is 1.87 bits per heavy atom. The highest BCUT2D eigenvalue weighted by Crippen LogP contribution is 2.52. The van der Waals surface area contributed by atoms with Crippen LogP contribution in [0.2, 0.25) is 0 Å². The summed E-state index contributed by atoms with van der Waals surface area (Å²) in [4.78, 5) is 17.7. The van der Waals surface area contributed by atoms with Gasteiger partial charge in [-0.25, -0.2) is 15.0 Å². The van der Waals surface area contributed by atoms with Crippen LogP contribution in [-0.2, 0) is 5.41 Å². The molecule has 0 bridgehead atoms. The van der Waals surface area contributed by atoms with Gasteiger partial charge in [-0.3, -0.25) is 0 Å². The van der Waals surface area contributed by atoms with Crippen LogP contribution in [0, 0.1) is 0 Å². The number of anilines is 3. The van der Waals surface area contributed by atoms with Gasteiger partial charge in [0.15, 0.2) is 17.5 Å². The second-order valence-electron chi connectivity index (χ2n) is 16.0. The summed E-state index contributed by atoms with van der Waals surface area (Å²) in [7, 11) is 0. The normalized spacial score (nSPS) is 13.0. The molecule has 1 aliphatic rings. The molecule has 0 spiro atoms. The minimum Gasteiger partial charge on any atom is -0.456 e. The van der Waals surface area contributed by atoms with Crippen LogP contribution in [0.25, 0.3) is 87.4 Å². The van der Waals surface area contributed by atoms with Crippen molar-refractivity contribution >= 4 is 70.5 Å². The first-order valence-corrected chi connectivity index (χ1v) is 21.1. The molecule has 5 nitrogen and oxygen atoms in total. The van der Waals surface area contributed by atoms with Gasteiger partial charge in [-0.15, -0.1) is 11.3 Å². The number of hydrogen-bond acceptors (Lipinski definition) is 6. The van der Waals surface area contributed by atoms with Gasteiger partial charge in [0.1, 0.15) is 11.2 Å². The molecule has 12 rings (SSSR count). The van der Waals surface area contributed by atoms with Crippen molar-refractivity contribution in [3.8, 4) is 45.3 Å². The summed E-state index contributed by atoms with van der Waals surface area (Å²) in [5, 5.41) is 4.44. The van der Waals surface area contributed by atoms with Crippen LogP contribution < -0.4 is 4.90 Å². The number of rotatable bonds is 6. The molecule has 11 aromatic rings. The smallest absolute Gasteiger partial charge is 0.164 e. The van der Waals surface area contributed by atoms with Crippen molar-refractivity contribution in [2.45, 2.75) is 19.3 Å². The number of hydrogen-bond donors (Lipinski definition) is 0. The van der Waals surface area contributed by atoms with E-state index < -0.39 is 0 Å². The molecule has 6 heteroatoms. The van der Waals surface area contributed by atoms with E-state index in [2.05, 4.69) is 158 Å². The zero-order valence-corrected chi connectivity index (χ0v) is 33.7. The van der Waals surface area contributed by atoms with Gasteiger partial charge in [0.2, 0.25) is 0 Å². The molecule has 0 fully saturated rings. The minimum atomic E-state index is -0.161. The van der Waals surface area contributed by atoms with E-state index in [1.165, 1.54) is 31.7 Å². The Kier molecular flexibility index (Phi) is 7.68.